The number of para-hydroxylation sites is 1. The summed E-state index contributed by atoms with van der Waals surface area (Å²) < 4.78 is 1.10. The van der Waals surface area contributed by atoms with Gasteiger partial charge in [0.15, 0.2) is 0 Å². The van der Waals surface area contributed by atoms with Crippen molar-refractivity contribution in [2.75, 3.05) is 0 Å². The fourth-order valence-corrected chi connectivity index (χ4v) is 5.68. The van der Waals surface area contributed by atoms with E-state index in [1.54, 1.807) is 17.4 Å². The van der Waals surface area contributed by atoms with Crippen molar-refractivity contribution in [2.45, 2.75) is 12.8 Å². The van der Waals surface area contributed by atoms with Gasteiger partial charge in [-0.1, -0.05) is 73.7 Å². The number of rotatable bonds is 5. The summed E-state index contributed by atoms with van der Waals surface area (Å²) >= 11 is 1.62. The first-order chi connectivity index (χ1) is 17.7. The Labute approximate surface area is 214 Å². The SMILES string of the molecule is CC(c1ccccc1)c1cc(-c2cccc(-c3ccccn3)c2)c2nc(-c3ccccc3O)sc2c1. The molecule has 1 unspecified atom stereocenters. The normalized spacial score (nSPS) is 12.0. The van der Waals surface area contributed by atoms with Gasteiger partial charge in [0.25, 0.3) is 0 Å². The van der Waals surface area contributed by atoms with Gasteiger partial charge in [-0.15, -0.1) is 11.3 Å². The monoisotopic (exact) mass is 484 g/mol. The highest BCUT2D eigenvalue weighted by Gasteiger charge is 2.18. The summed E-state index contributed by atoms with van der Waals surface area (Å²) in [6.07, 6.45) is 1.82. The maximum absolute atomic E-state index is 10.5. The molecule has 2 aromatic heterocycles. The van der Waals surface area contributed by atoms with E-state index in [0.717, 1.165) is 43.2 Å². The zero-order valence-corrected chi connectivity index (χ0v) is 20.6. The molecule has 0 radical (unpaired) electrons. The van der Waals surface area contributed by atoms with Crippen LogP contribution in [0.1, 0.15) is 24.0 Å². The van der Waals surface area contributed by atoms with E-state index in [1.165, 1.54) is 11.1 Å². The van der Waals surface area contributed by atoms with Gasteiger partial charge in [0, 0.05) is 23.2 Å². The first-order valence-corrected chi connectivity index (χ1v) is 12.8. The van der Waals surface area contributed by atoms with Crippen molar-refractivity contribution in [3.05, 3.63) is 127 Å². The highest BCUT2D eigenvalue weighted by molar-refractivity contribution is 7.21. The van der Waals surface area contributed by atoms with Crippen LogP contribution in [-0.4, -0.2) is 15.1 Å². The van der Waals surface area contributed by atoms with E-state index < -0.39 is 0 Å². The lowest BCUT2D eigenvalue weighted by atomic mass is 9.90. The zero-order chi connectivity index (χ0) is 24.5. The maximum atomic E-state index is 10.5. The number of hydrogen-bond donors (Lipinski definition) is 1. The zero-order valence-electron chi connectivity index (χ0n) is 19.8. The second kappa shape index (κ2) is 9.40. The Hall–Kier alpha value is -4.28. The van der Waals surface area contributed by atoms with E-state index in [-0.39, 0.29) is 11.7 Å². The van der Waals surface area contributed by atoms with Crippen LogP contribution in [-0.2, 0) is 0 Å². The molecule has 36 heavy (non-hydrogen) atoms. The molecular weight excluding hydrogens is 460 g/mol. The van der Waals surface area contributed by atoms with Crippen molar-refractivity contribution < 1.29 is 5.11 Å². The Bertz CT molecular complexity index is 1660. The van der Waals surface area contributed by atoms with Crippen molar-refractivity contribution in [1.29, 1.82) is 0 Å². The van der Waals surface area contributed by atoms with Crippen LogP contribution in [0.25, 0.3) is 43.2 Å². The van der Waals surface area contributed by atoms with Gasteiger partial charge < -0.3 is 5.11 Å². The van der Waals surface area contributed by atoms with Crippen molar-refractivity contribution in [1.82, 2.24) is 9.97 Å². The minimum Gasteiger partial charge on any atom is -0.507 e. The summed E-state index contributed by atoms with van der Waals surface area (Å²) in [6, 6.07) is 37.0. The second-order valence-electron chi connectivity index (χ2n) is 8.88. The molecule has 0 aliphatic heterocycles. The van der Waals surface area contributed by atoms with Crippen molar-refractivity contribution in [2.24, 2.45) is 0 Å². The smallest absolute Gasteiger partial charge is 0.128 e. The third-order valence-electron chi connectivity index (χ3n) is 6.59. The Kier molecular flexibility index (Phi) is 5.80. The van der Waals surface area contributed by atoms with Gasteiger partial charge >= 0.3 is 0 Å². The molecule has 0 saturated carbocycles. The average molecular weight is 485 g/mol. The number of phenols is 1. The minimum absolute atomic E-state index is 0.226. The van der Waals surface area contributed by atoms with E-state index in [2.05, 4.69) is 78.6 Å². The number of hydrogen-bond acceptors (Lipinski definition) is 4. The van der Waals surface area contributed by atoms with E-state index in [1.807, 2.05) is 42.6 Å². The molecule has 0 amide bonds. The van der Waals surface area contributed by atoms with Crippen LogP contribution in [0.4, 0.5) is 0 Å². The summed E-state index contributed by atoms with van der Waals surface area (Å²) in [5.41, 5.74) is 8.40. The van der Waals surface area contributed by atoms with Gasteiger partial charge in [0.2, 0.25) is 0 Å². The molecule has 1 N–H and O–H groups in total. The molecule has 4 heteroatoms. The number of aromatic hydroxyl groups is 1. The van der Waals surface area contributed by atoms with Gasteiger partial charge in [-0.2, -0.15) is 0 Å². The second-order valence-corrected chi connectivity index (χ2v) is 9.91. The Morgan fingerprint density at radius 1 is 0.694 bits per heavy atom. The fraction of sp³-hybridized carbons (Fsp3) is 0.0625. The standard InChI is InChI=1S/C32H24N2OS/c1-21(22-10-3-2-4-11-22)25-19-27(23-12-9-13-24(18-23)28-15-7-8-17-33-28)31-30(20-25)36-32(34-31)26-14-5-6-16-29(26)35/h2-21,35H,1H3. The van der Waals surface area contributed by atoms with E-state index in [9.17, 15) is 5.11 Å². The van der Waals surface area contributed by atoms with Crippen molar-refractivity contribution in [3.63, 3.8) is 0 Å². The van der Waals surface area contributed by atoms with Crippen LogP contribution in [0, 0.1) is 0 Å². The third-order valence-corrected chi connectivity index (χ3v) is 7.62. The fourth-order valence-electron chi connectivity index (χ4n) is 4.60. The number of nitrogens with zero attached hydrogens (tertiary/aromatic N) is 2. The summed E-state index contributed by atoms with van der Waals surface area (Å²) in [5, 5.41) is 11.3. The largest absolute Gasteiger partial charge is 0.507 e. The minimum atomic E-state index is 0.226. The first-order valence-electron chi connectivity index (χ1n) is 12.0. The molecule has 6 aromatic rings. The average Bonchev–Trinajstić information content (AvgIpc) is 3.37. The number of aromatic nitrogens is 2. The van der Waals surface area contributed by atoms with Crippen LogP contribution < -0.4 is 0 Å². The van der Waals surface area contributed by atoms with Crippen molar-refractivity contribution >= 4 is 21.6 Å². The van der Waals surface area contributed by atoms with Crippen LogP contribution in [0.3, 0.4) is 0 Å². The van der Waals surface area contributed by atoms with Crippen LogP contribution in [0.5, 0.6) is 5.75 Å². The predicted molar refractivity (Wildman–Crippen MR) is 149 cm³/mol. The molecular formula is C32H24N2OS. The maximum Gasteiger partial charge on any atom is 0.128 e. The van der Waals surface area contributed by atoms with Gasteiger partial charge in [-0.25, -0.2) is 4.98 Å². The predicted octanol–water partition coefficient (Wildman–Crippen LogP) is 8.55. The number of thiazole rings is 1. The van der Waals surface area contributed by atoms with Crippen molar-refractivity contribution in [3.8, 4) is 38.7 Å². The molecule has 4 aromatic carbocycles. The molecule has 0 aliphatic carbocycles. The third kappa shape index (κ3) is 4.16. The molecule has 3 nitrogen and oxygen atoms in total. The molecule has 0 spiro atoms. The Balaban J connectivity index is 1.56. The van der Waals surface area contributed by atoms with Gasteiger partial charge in [0.05, 0.1) is 21.5 Å². The number of fused-ring (bicyclic) bond motifs is 1. The molecule has 0 aliphatic rings. The first kappa shape index (κ1) is 22.2. The molecule has 1 atom stereocenters. The van der Waals surface area contributed by atoms with Gasteiger partial charge in [0.1, 0.15) is 10.8 Å². The highest BCUT2D eigenvalue weighted by atomic mass is 32.1. The lowest BCUT2D eigenvalue weighted by Gasteiger charge is -2.15. The number of pyridine rings is 1. The van der Waals surface area contributed by atoms with Crippen LogP contribution in [0.15, 0.2) is 115 Å². The summed E-state index contributed by atoms with van der Waals surface area (Å²) in [4.78, 5) is 9.58. The lowest BCUT2D eigenvalue weighted by molar-refractivity contribution is 0.477. The quantitative estimate of drug-likeness (QED) is 0.267. The van der Waals surface area contributed by atoms with E-state index in [0.29, 0.717) is 0 Å². The van der Waals surface area contributed by atoms with E-state index in [4.69, 9.17) is 4.98 Å². The molecule has 6 rings (SSSR count). The number of phenolic OH excluding ortho intramolecular Hbond substituents is 1. The Morgan fingerprint density at radius 2 is 1.47 bits per heavy atom. The Morgan fingerprint density at radius 3 is 2.28 bits per heavy atom. The van der Waals surface area contributed by atoms with Gasteiger partial charge in [-0.3, -0.25) is 4.98 Å². The molecule has 174 valence electrons. The van der Waals surface area contributed by atoms with Gasteiger partial charge in [-0.05, 0) is 59.2 Å². The van der Waals surface area contributed by atoms with Crippen LogP contribution >= 0.6 is 11.3 Å². The number of benzene rings is 4. The summed E-state index contributed by atoms with van der Waals surface area (Å²) in [6.45, 7) is 2.25. The molecule has 0 bridgehead atoms. The topological polar surface area (TPSA) is 46.0 Å². The molecule has 2 heterocycles. The lowest BCUT2D eigenvalue weighted by Crippen LogP contribution is -1.97. The van der Waals surface area contributed by atoms with E-state index >= 15 is 0 Å². The van der Waals surface area contributed by atoms with Crippen LogP contribution in [0.2, 0.25) is 0 Å². The highest BCUT2D eigenvalue weighted by Crippen LogP contribution is 2.41. The molecule has 0 saturated heterocycles. The summed E-state index contributed by atoms with van der Waals surface area (Å²) in [7, 11) is 0. The molecule has 0 fully saturated rings. The summed E-state index contributed by atoms with van der Waals surface area (Å²) in [5.74, 6) is 0.470.